The highest BCUT2D eigenvalue weighted by molar-refractivity contribution is 5.84. The van der Waals surface area contributed by atoms with Gasteiger partial charge in [0.2, 0.25) is 11.8 Å². The van der Waals surface area contributed by atoms with Crippen LogP contribution in [0.25, 0.3) is 0 Å². The molecule has 0 aliphatic carbocycles. The molecule has 2 atom stereocenters. The Morgan fingerprint density at radius 3 is 2.45 bits per heavy atom. The summed E-state index contributed by atoms with van der Waals surface area (Å²) in [4.78, 5) is 27.4. The third-order valence-corrected chi connectivity index (χ3v) is 5.33. The molecule has 0 aromatic heterocycles. The van der Waals surface area contributed by atoms with E-state index in [0.717, 1.165) is 12.8 Å². The van der Waals surface area contributed by atoms with Gasteiger partial charge in [-0.05, 0) is 30.4 Å². The first kappa shape index (κ1) is 23.2. The summed E-state index contributed by atoms with van der Waals surface area (Å²) >= 11 is 0. The molecule has 0 saturated carbocycles. The van der Waals surface area contributed by atoms with Crippen LogP contribution in [0.1, 0.15) is 54.4 Å². The number of ether oxygens (including phenoxy) is 1. The van der Waals surface area contributed by atoms with E-state index in [4.69, 9.17) is 4.74 Å². The maximum atomic E-state index is 13.9. The molecule has 6 heteroatoms. The van der Waals surface area contributed by atoms with Crippen molar-refractivity contribution in [1.82, 2.24) is 10.2 Å². The highest BCUT2D eigenvalue weighted by Gasteiger charge is 2.35. The molecule has 0 spiro atoms. The molecule has 0 bridgehead atoms. The first-order chi connectivity index (χ1) is 13.4. The van der Waals surface area contributed by atoms with E-state index in [1.54, 1.807) is 23.1 Å². The van der Waals surface area contributed by atoms with Gasteiger partial charge in [0, 0.05) is 18.5 Å². The number of carbonyl (C=O) groups is 2. The monoisotopic (exact) mass is 406 g/mol. The van der Waals surface area contributed by atoms with Crippen molar-refractivity contribution in [3.8, 4) is 5.75 Å². The van der Waals surface area contributed by atoms with Crippen molar-refractivity contribution in [2.75, 3.05) is 19.7 Å². The Balaban J connectivity index is 2.02. The summed E-state index contributed by atoms with van der Waals surface area (Å²) in [6, 6.07) is 5.96. The van der Waals surface area contributed by atoms with Gasteiger partial charge in [-0.25, -0.2) is 4.39 Å². The fourth-order valence-electron chi connectivity index (χ4n) is 3.38. The smallest absolute Gasteiger partial charge is 0.227 e. The molecule has 1 N–H and O–H groups in total. The third-order valence-electron chi connectivity index (χ3n) is 5.33. The Labute approximate surface area is 174 Å². The molecule has 2 unspecified atom stereocenters. The van der Waals surface area contributed by atoms with Crippen LogP contribution in [0, 0.1) is 22.6 Å². The predicted octanol–water partition coefficient (Wildman–Crippen LogP) is 4.02. The molecule has 2 amide bonds. The second-order valence-electron chi connectivity index (χ2n) is 10.0. The molecule has 2 rings (SSSR count). The van der Waals surface area contributed by atoms with Crippen molar-refractivity contribution in [2.24, 2.45) is 16.7 Å². The standard InChI is InChI=1S/C23H35FN2O3/c1-22(2,3)19(15-29-18-12-8-7-11-17(18)24)25-20(27)16-10-9-13-26(14-16)21(28)23(4,5)6/h7-8,11-12,16,19H,9-10,13-15H2,1-6H3,(H,25,27). The summed E-state index contributed by atoms with van der Waals surface area (Å²) in [6.07, 6.45) is 1.57. The molecule has 1 aliphatic rings. The van der Waals surface area contributed by atoms with Crippen molar-refractivity contribution in [3.63, 3.8) is 0 Å². The van der Waals surface area contributed by atoms with E-state index in [1.165, 1.54) is 6.07 Å². The number of hydrogen-bond donors (Lipinski definition) is 1. The normalized spacial score (nSPS) is 18.9. The van der Waals surface area contributed by atoms with Crippen LogP contribution in [0.5, 0.6) is 5.75 Å². The van der Waals surface area contributed by atoms with E-state index in [0.29, 0.717) is 13.1 Å². The quantitative estimate of drug-likeness (QED) is 0.803. The summed E-state index contributed by atoms with van der Waals surface area (Å²) < 4.78 is 19.5. The number of nitrogens with zero attached hydrogens (tertiary/aromatic N) is 1. The second kappa shape index (κ2) is 9.14. The molecule has 1 fully saturated rings. The molecule has 29 heavy (non-hydrogen) atoms. The number of para-hydroxylation sites is 1. The Kier molecular flexibility index (Phi) is 7.30. The lowest BCUT2D eigenvalue weighted by atomic mass is 9.86. The molecule has 1 aromatic rings. The highest BCUT2D eigenvalue weighted by atomic mass is 19.1. The highest BCUT2D eigenvalue weighted by Crippen LogP contribution is 2.26. The van der Waals surface area contributed by atoms with Gasteiger partial charge in [0.05, 0.1) is 12.0 Å². The summed E-state index contributed by atoms with van der Waals surface area (Å²) in [5.74, 6) is -0.488. The van der Waals surface area contributed by atoms with Crippen LogP contribution in [0.15, 0.2) is 24.3 Å². The number of carbonyl (C=O) groups excluding carboxylic acids is 2. The van der Waals surface area contributed by atoms with Crippen LogP contribution in [-0.2, 0) is 9.59 Å². The number of benzene rings is 1. The average Bonchev–Trinajstić information content (AvgIpc) is 2.64. The van der Waals surface area contributed by atoms with Crippen LogP contribution < -0.4 is 10.1 Å². The zero-order valence-electron chi connectivity index (χ0n) is 18.5. The Morgan fingerprint density at radius 2 is 1.86 bits per heavy atom. The largest absolute Gasteiger partial charge is 0.488 e. The van der Waals surface area contributed by atoms with E-state index in [1.807, 2.05) is 41.5 Å². The van der Waals surface area contributed by atoms with E-state index in [-0.39, 0.29) is 41.5 Å². The first-order valence-corrected chi connectivity index (χ1v) is 10.4. The van der Waals surface area contributed by atoms with Gasteiger partial charge in [-0.1, -0.05) is 53.7 Å². The average molecular weight is 407 g/mol. The molecule has 162 valence electrons. The zero-order valence-corrected chi connectivity index (χ0v) is 18.5. The topological polar surface area (TPSA) is 58.6 Å². The number of likely N-dealkylation sites (tertiary alicyclic amines) is 1. The van der Waals surface area contributed by atoms with Gasteiger partial charge in [-0.2, -0.15) is 0 Å². The lowest BCUT2D eigenvalue weighted by molar-refractivity contribution is -0.143. The number of amides is 2. The van der Waals surface area contributed by atoms with Crippen LogP contribution in [0.4, 0.5) is 4.39 Å². The first-order valence-electron chi connectivity index (χ1n) is 10.4. The van der Waals surface area contributed by atoms with Crippen LogP contribution >= 0.6 is 0 Å². The van der Waals surface area contributed by atoms with E-state index in [2.05, 4.69) is 5.32 Å². The molecular weight excluding hydrogens is 371 g/mol. The van der Waals surface area contributed by atoms with Gasteiger partial charge in [0.1, 0.15) is 6.61 Å². The minimum Gasteiger partial charge on any atom is -0.488 e. The lowest BCUT2D eigenvalue weighted by Gasteiger charge is -2.37. The lowest BCUT2D eigenvalue weighted by Crippen LogP contribution is -2.53. The summed E-state index contributed by atoms with van der Waals surface area (Å²) in [7, 11) is 0. The SMILES string of the molecule is CC(C)(C)C(=O)N1CCCC(C(=O)NC(COc2ccccc2F)C(C)(C)C)C1. The predicted molar refractivity (Wildman–Crippen MR) is 112 cm³/mol. The maximum absolute atomic E-state index is 13.9. The Morgan fingerprint density at radius 1 is 1.21 bits per heavy atom. The maximum Gasteiger partial charge on any atom is 0.227 e. The Hall–Kier alpha value is -2.11. The van der Waals surface area contributed by atoms with E-state index >= 15 is 0 Å². The van der Waals surface area contributed by atoms with Crippen molar-refractivity contribution >= 4 is 11.8 Å². The fourth-order valence-corrected chi connectivity index (χ4v) is 3.38. The van der Waals surface area contributed by atoms with Gasteiger partial charge >= 0.3 is 0 Å². The van der Waals surface area contributed by atoms with E-state index in [9.17, 15) is 14.0 Å². The summed E-state index contributed by atoms with van der Waals surface area (Å²) in [6.45, 7) is 13.0. The third kappa shape index (κ3) is 6.44. The van der Waals surface area contributed by atoms with Crippen molar-refractivity contribution < 1.29 is 18.7 Å². The number of halogens is 1. The van der Waals surface area contributed by atoms with Crippen LogP contribution in [-0.4, -0.2) is 42.5 Å². The fraction of sp³-hybridized carbons (Fsp3) is 0.652. The van der Waals surface area contributed by atoms with E-state index < -0.39 is 11.2 Å². The van der Waals surface area contributed by atoms with Gasteiger partial charge in [0.25, 0.3) is 0 Å². The minimum atomic E-state index is -0.458. The Bertz CT molecular complexity index is 722. The summed E-state index contributed by atoms with van der Waals surface area (Å²) in [5.41, 5.74) is -0.726. The molecule has 1 saturated heterocycles. The van der Waals surface area contributed by atoms with Crippen LogP contribution in [0.2, 0.25) is 0 Å². The van der Waals surface area contributed by atoms with Gasteiger partial charge in [-0.15, -0.1) is 0 Å². The van der Waals surface area contributed by atoms with Crippen molar-refractivity contribution in [2.45, 2.75) is 60.4 Å². The van der Waals surface area contributed by atoms with Crippen LogP contribution in [0.3, 0.4) is 0 Å². The molecular formula is C23H35FN2O3. The number of rotatable bonds is 5. The number of hydrogen-bond acceptors (Lipinski definition) is 3. The van der Waals surface area contributed by atoms with Crippen molar-refractivity contribution in [3.05, 3.63) is 30.1 Å². The molecule has 1 heterocycles. The molecule has 5 nitrogen and oxygen atoms in total. The zero-order chi connectivity index (χ0) is 21.8. The van der Waals surface area contributed by atoms with Gasteiger partial charge in [0.15, 0.2) is 11.6 Å². The van der Waals surface area contributed by atoms with Gasteiger partial charge in [-0.3, -0.25) is 9.59 Å². The number of nitrogens with one attached hydrogen (secondary N) is 1. The molecule has 1 aromatic carbocycles. The second-order valence-corrected chi connectivity index (χ2v) is 10.0. The summed E-state index contributed by atoms with van der Waals surface area (Å²) in [5, 5.41) is 3.09. The number of piperidine rings is 1. The van der Waals surface area contributed by atoms with Crippen molar-refractivity contribution in [1.29, 1.82) is 0 Å². The van der Waals surface area contributed by atoms with Gasteiger partial charge < -0.3 is 15.0 Å². The minimum absolute atomic E-state index is 0.0743. The molecule has 1 aliphatic heterocycles. The molecule has 0 radical (unpaired) electrons.